The van der Waals surface area contributed by atoms with E-state index in [9.17, 15) is 4.79 Å². The van der Waals surface area contributed by atoms with Gasteiger partial charge in [0.1, 0.15) is 5.82 Å². The molecular formula is C18H15N3O. The van der Waals surface area contributed by atoms with Gasteiger partial charge in [0, 0.05) is 19.0 Å². The van der Waals surface area contributed by atoms with Crippen molar-refractivity contribution < 1.29 is 0 Å². The number of fused-ring (bicyclic) bond motifs is 3. The Morgan fingerprint density at radius 3 is 2.86 bits per heavy atom. The Hall–Kier alpha value is -2.75. The fraction of sp³-hybridized carbons (Fsp3) is 0.167. The molecule has 0 amide bonds. The van der Waals surface area contributed by atoms with Gasteiger partial charge in [-0.2, -0.15) is 0 Å². The predicted molar refractivity (Wildman–Crippen MR) is 84.9 cm³/mol. The zero-order valence-corrected chi connectivity index (χ0v) is 12.3. The molecule has 1 N–H and O–H groups in total. The second-order valence-electron chi connectivity index (χ2n) is 5.69. The SMILES string of the molecule is Cc1cnc2c(c1)Cc1nc(Cc3ccccc3)[nH]c(=O)c1-2. The molecule has 4 rings (SSSR count). The van der Waals surface area contributed by atoms with E-state index in [0.717, 1.165) is 28.1 Å². The highest BCUT2D eigenvalue weighted by molar-refractivity contribution is 5.71. The summed E-state index contributed by atoms with van der Waals surface area (Å²) in [6.07, 6.45) is 3.11. The Kier molecular flexibility index (Phi) is 2.89. The predicted octanol–water partition coefficient (Wildman–Crippen LogP) is 2.64. The van der Waals surface area contributed by atoms with Crippen LogP contribution in [0.2, 0.25) is 0 Å². The summed E-state index contributed by atoms with van der Waals surface area (Å²) in [5.41, 5.74) is 5.48. The molecule has 0 radical (unpaired) electrons. The molecule has 22 heavy (non-hydrogen) atoms. The van der Waals surface area contributed by atoms with E-state index in [2.05, 4.69) is 21.0 Å². The van der Waals surface area contributed by atoms with E-state index >= 15 is 0 Å². The maximum Gasteiger partial charge on any atom is 0.260 e. The maximum atomic E-state index is 12.4. The number of rotatable bonds is 2. The lowest BCUT2D eigenvalue weighted by Gasteiger charge is -2.04. The van der Waals surface area contributed by atoms with Gasteiger partial charge in [0.2, 0.25) is 0 Å². The smallest absolute Gasteiger partial charge is 0.260 e. The Labute approximate surface area is 127 Å². The van der Waals surface area contributed by atoms with Crippen LogP contribution in [0.25, 0.3) is 11.3 Å². The first kappa shape index (κ1) is 13.0. The van der Waals surface area contributed by atoms with Crippen molar-refractivity contribution in [2.75, 3.05) is 0 Å². The molecule has 0 saturated carbocycles. The summed E-state index contributed by atoms with van der Waals surface area (Å²) < 4.78 is 0. The standard InChI is InChI=1S/C18H15N3O/c1-11-7-13-9-14-16(17(13)19-10-11)18(22)21-15(20-14)8-12-5-3-2-4-6-12/h2-7,10H,8-9H2,1H3,(H,20,21,22). The highest BCUT2D eigenvalue weighted by atomic mass is 16.1. The van der Waals surface area contributed by atoms with Crippen LogP contribution >= 0.6 is 0 Å². The van der Waals surface area contributed by atoms with Gasteiger partial charge in [0.05, 0.1) is 17.0 Å². The Morgan fingerprint density at radius 2 is 2.05 bits per heavy atom. The number of H-pyrrole nitrogens is 1. The first-order chi connectivity index (χ1) is 10.7. The summed E-state index contributed by atoms with van der Waals surface area (Å²) >= 11 is 0. The average molecular weight is 289 g/mol. The number of nitrogens with zero attached hydrogens (tertiary/aromatic N) is 2. The summed E-state index contributed by atoms with van der Waals surface area (Å²) in [5.74, 6) is 0.708. The molecule has 1 aromatic carbocycles. The fourth-order valence-electron chi connectivity index (χ4n) is 2.99. The first-order valence-electron chi connectivity index (χ1n) is 7.32. The lowest BCUT2D eigenvalue weighted by Crippen LogP contribution is -2.15. The zero-order valence-electron chi connectivity index (χ0n) is 12.3. The summed E-state index contributed by atoms with van der Waals surface area (Å²) in [6, 6.07) is 12.1. The van der Waals surface area contributed by atoms with Gasteiger partial charge in [-0.25, -0.2) is 4.98 Å². The summed E-state index contributed by atoms with van der Waals surface area (Å²) in [7, 11) is 0. The topological polar surface area (TPSA) is 58.6 Å². The highest BCUT2D eigenvalue weighted by Gasteiger charge is 2.25. The summed E-state index contributed by atoms with van der Waals surface area (Å²) in [4.78, 5) is 24.4. The molecule has 0 fully saturated rings. The molecule has 0 atom stereocenters. The molecule has 4 nitrogen and oxygen atoms in total. The van der Waals surface area contributed by atoms with E-state index in [0.29, 0.717) is 24.2 Å². The van der Waals surface area contributed by atoms with E-state index in [1.165, 1.54) is 0 Å². The number of aryl methyl sites for hydroxylation is 1. The van der Waals surface area contributed by atoms with E-state index in [1.807, 2.05) is 37.3 Å². The Morgan fingerprint density at radius 1 is 1.23 bits per heavy atom. The molecule has 0 saturated heterocycles. The minimum Gasteiger partial charge on any atom is -0.310 e. The zero-order chi connectivity index (χ0) is 15.1. The highest BCUT2D eigenvalue weighted by Crippen LogP contribution is 2.31. The van der Waals surface area contributed by atoms with Crippen molar-refractivity contribution in [3.05, 3.63) is 81.2 Å². The normalized spacial score (nSPS) is 12.0. The molecule has 0 bridgehead atoms. The second-order valence-corrected chi connectivity index (χ2v) is 5.69. The van der Waals surface area contributed by atoms with Crippen molar-refractivity contribution in [1.29, 1.82) is 0 Å². The number of nitrogens with one attached hydrogen (secondary N) is 1. The second kappa shape index (κ2) is 4.91. The van der Waals surface area contributed by atoms with E-state index in [4.69, 9.17) is 0 Å². The van der Waals surface area contributed by atoms with Gasteiger partial charge in [0.15, 0.2) is 0 Å². The van der Waals surface area contributed by atoms with Gasteiger partial charge in [-0.05, 0) is 23.6 Å². The number of aromatic amines is 1. The van der Waals surface area contributed by atoms with E-state index in [1.54, 1.807) is 6.20 Å². The van der Waals surface area contributed by atoms with Crippen LogP contribution < -0.4 is 5.56 Å². The molecular weight excluding hydrogens is 274 g/mol. The van der Waals surface area contributed by atoms with E-state index in [-0.39, 0.29) is 5.56 Å². The third-order valence-corrected chi connectivity index (χ3v) is 3.96. The molecule has 0 aliphatic heterocycles. The molecule has 0 spiro atoms. The Balaban J connectivity index is 1.77. The van der Waals surface area contributed by atoms with Crippen molar-refractivity contribution >= 4 is 0 Å². The average Bonchev–Trinajstić information content (AvgIpc) is 2.85. The molecule has 2 aromatic heterocycles. The fourth-order valence-corrected chi connectivity index (χ4v) is 2.99. The largest absolute Gasteiger partial charge is 0.310 e. The van der Waals surface area contributed by atoms with Crippen molar-refractivity contribution in [2.45, 2.75) is 19.8 Å². The van der Waals surface area contributed by atoms with Crippen LogP contribution in [0.1, 0.15) is 28.2 Å². The number of hydrogen-bond acceptors (Lipinski definition) is 3. The lowest BCUT2D eigenvalue weighted by atomic mass is 10.1. The van der Waals surface area contributed by atoms with Gasteiger partial charge in [0.25, 0.3) is 5.56 Å². The van der Waals surface area contributed by atoms with Gasteiger partial charge in [-0.1, -0.05) is 36.4 Å². The van der Waals surface area contributed by atoms with Crippen molar-refractivity contribution in [3.63, 3.8) is 0 Å². The van der Waals surface area contributed by atoms with Crippen molar-refractivity contribution in [3.8, 4) is 11.3 Å². The quantitative estimate of drug-likeness (QED) is 0.617. The molecule has 1 aliphatic rings. The molecule has 3 aromatic rings. The number of hydrogen-bond donors (Lipinski definition) is 1. The minimum absolute atomic E-state index is 0.0916. The van der Waals surface area contributed by atoms with Crippen LogP contribution in [0.3, 0.4) is 0 Å². The van der Waals surface area contributed by atoms with E-state index < -0.39 is 0 Å². The molecule has 4 heteroatoms. The van der Waals surface area contributed by atoms with Gasteiger partial charge in [-0.15, -0.1) is 0 Å². The summed E-state index contributed by atoms with van der Waals surface area (Å²) in [5, 5.41) is 0. The lowest BCUT2D eigenvalue weighted by molar-refractivity contribution is 0.915. The van der Waals surface area contributed by atoms with Crippen LogP contribution in [0.5, 0.6) is 0 Å². The van der Waals surface area contributed by atoms with Gasteiger partial charge < -0.3 is 4.98 Å². The van der Waals surface area contributed by atoms with Crippen molar-refractivity contribution in [1.82, 2.24) is 15.0 Å². The molecule has 1 aliphatic carbocycles. The number of aromatic nitrogens is 3. The Bertz CT molecular complexity index is 913. The first-order valence-corrected chi connectivity index (χ1v) is 7.32. The maximum absolute atomic E-state index is 12.4. The molecule has 0 unspecified atom stereocenters. The van der Waals surface area contributed by atoms with Crippen LogP contribution in [0.4, 0.5) is 0 Å². The monoisotopic (exact) mass is 289 g/mol. The number of pyridine rings is 1. The number of benzene rings is 1. The summed E-state index contributed by atoms with van der Waals surface area (Å²) in [6.45, 7) is 2.01. The van der Waals surface area contributed by atoms with Crippen molar-refractivity contribution in [2.24, 2.45) is 0 Å². The third kappa shape index (κ3) is 2.13. The van der Waals surface area contributed by atoms with Gasteiger partial charge in [-0.3, -0.25) is 9.78 Å². The van der Waals surface area contributed by atoms with Crippen LogP contribution in [-0.2, 0) is 12.8 Å². The van der Waals surface area contributed by atoms with Crippen LogP contribution in [0, 0.1) is 6.92 Å². The third-order valence-electron chi connectivity index (χ3n) is 3.96. The van der Waals surface area contributed by atoms with Crippen LogP contribution in [0.15, 0.2) is 47.4 Å². The van der Waals surface area contributed by atoms with Crippen LogP contribution in [-0.4, -0.2) is 15.0 Å². The van der Waals surface area contributed by atoms with Gasteiger partial charge >= 0.3 is 0 Å². The minimum atomic E-state index is -0.0916. The molecule has 108 valence electrons. The molecule has 2 heterocycles.